The first-order chi connectivity index (χ1) is 19.2. The monoisotopic (exact) mass is 606 g/mol. The second-order valence-electron chi connectivity index (χ2n) is 9.51. The molecule has 4 rings (SSSR count). The maximum Gasteiger partial charge on any atom is 0.253 e. The molecule has 0 spiro atoms. The van der Waals surface area contributed by atoms with E-state index in [-0.39, 0.29) is 12.8 Å². The van der Waals surface area contributed by atoms with Crippen molar-refractivity contribution in [2.45, 2.75) is 50.5 Å². The van der Waals surface area contributed by atoms with E-state index in [0.29, 0.717) is 27.6 Å². The molecule has 1 fully saturated rings. The van der Waals surface area contributed by atoms with Crippen molar-refractivity contribution in [3.63, 3.8) is 0 Å². The van der Waals surface area contributed by atoms with Gasteiger partial charge in [-0.2, -0.15) is 0 Å². The SMILES string of the molecule is CCC[C@H](C(=O)NC[SH](=O)=O)N1C(=O)[C@H](Cc2ccc(F)cc2)O[C@@H](c2ccc(Cl)cc2)[C@H]1c1ccc(Cl)cc1. The molecule has 0 aliphatic carbocycles. The highest BCUT2D eigenvalue weighted by molar-refractivity contribution is 7.72. The average Bonchev–Trinajstić information content (AvgIpc) is 2.93. The fourth-order valence-electron chi connectivity index (χ4n) is 4.92. The molecule has 0 aromatic heterocycles. The van der Waals surface area contributed by atoms with Crippen molar-refractivity contribution in [1.82, 2.24) is 10.2 Å². The molecule has 2 amide bonds. The van der Waals surface area contributed by atoms with Crippen molar-refractivity contribution in [2.24, 2.45) is 0 Å². The number of carbonyl (C=O) groups is 2. The summed E-state index contributed by atoms with van der Waals surface area (Å²) in [5, 5.41) is 3.47. The number of benzene rings is 3. The minimum atomic E-state index is -2.87. The number of halogens is 3. The summed E-state index contributed by atoms with van der Waals surface area (Å²) in [7, 11) is -2.87. The van der Waals surface area contributed by atoms with Gasteiger partial charge in [-0.1, -0.05) is 72.9 Å². The lowest BCUT2D eigenvalue weighted by atomic mass is 9.88. The van der Waals surface area contributed by atoms with Crippen molar-refractivity contribution in [1.29, 1.82) is 0 Å². The second-order valence-corrected chi connectivity index (χ2v) is 11.4. The molecular formula is C29H29Cl2FN2O5S. The maximum atomic E-state index is 14.2. The molecule has 11 heteroatoms. The molecule has 212 valence electrons. The van der Waals surface area contributed by atoms with Gasteiger partial charge in [-0.05, 0) is 59.5 Å². The lowest BCUT2D eigenvalue weighted by Crippen LogP contribution is -2.59. The molecule has 3 aromatic rings. The number of ether oxygens (including phenoxy) is 1. The third-order valence-electron chi connectivity index (χ3n) is 6.75. The standard InChI is InChI=1S/C29H29Cl2FN2O5S/c1-2-3-24(28(35)33-17-40(37)38)34-26(19-6-10-21(30)11-7-19)27(20-8-12-22(31)13-9-20)39-25(29(34)36)16-18-4-14-23(32)15-5-18/h4-15,24-27,40H,2-3,16-17H2,1H3,(H,33,35)/t24-,25+,26-,27+/m1/s1. The van der Waals surface area contributed by atoms with E-state index in [9.17, 15) is 22.4 Å². The largest absolute Gasteiger partial charge is 0.358 e. The Hall–Kier alpha value is -2.98. The Bertz CT molecular complexity index is 1390. The van der Waals surface area contributed by atoms with Gasteiger partial charge in [0.05, 0.1) is 6.04 Å². The van der Waals surface area contributed by atoms with Crippen molar-refractivity contribution < 1.29 is 27.1 Å². The van der Waals surface area contributed by atoms with Gasteiger partial charge in [0.25, 0.3) is 5.91 Å². The summed E-state index contributed by atoms with van der Waals surface area (Å²) in [6.45, 7) is 1.88. The molecule has 1 N–H and O–H groups in total. The van der Waals surface area contributed by atoms with Crippen LogP contribution in [-0.4, -0.2) is 43.2 Å². The van der Waals surface area contributed by atoms with Gasteiger partial charge in [-0.25, -0.2) is 12.8 Å². The predicted octanol–water partition coefficient (Wildman–Crippen LogP) is 5.24. The lowest BCUT2D eigenvalue weighted by molar-refractivity contribution is -0.181. The van der Waals surface area contributed by atoms with E-state index in [1.54, 1.807) is 60.7 Å². The van der Waals surface area contributed by atoms with Crippen LogP contribution in [0.3, 0.4) is 0 Å². The minimum absolute atomic E-state index is 0.139. The number of hydrogen-bond acceptors (Lipinski definition) is 5. The number of thiol groups is 1. The maximum absolute atomic E-state index is 14.2. The van der Waals surface area contributed by atoms with Gasteiger partial charge in [0.2, 0.25) is 5.91 Å². The third-order valence-corrected chi connectivity index (χ3v) is 7.67. The van der Waals surface area contributed by atoms with Crippen molar-refractivity contribution in [2.75, 3.05) is 5.88 Å². The number of amides is 2. The third kappa shape index (κ3) is 7.20. The van der Waals surface area contributed by atoms with Gasteiger partial charge >= 0.3 is 0 Å². The Balaban J connectivity index is 1.85. The van der Waals surface area contributed by atoms with E-state index in [2.05, 4.69) is 5.32 Å². The van der Waals surface area contributed by atoms with Crippen LogP contribution in [0.25, 0.3) is 0 Å². The zero-order chi connectivity index (χ0) is 28.8. The van der Waals surface area contributed by atoms with Gasteiger partial charge < -0.3 is 15.0 Å². The summed E-state index contributed by atoms with van der Waals surface area (Å²) in [5.74, 6) is -1.96. The van der Waals surface area contributed by atoms with E-state index < -0.39 is 58.5 Å². The summed E-state index contributed by atoms with van der Waals surface area (Å²) in [6, 6.07) is 18.0. The lowest BCUT2D eigenvalue weighted by Gasteiger charge is -2.47. The topological polar surface area (TPSA) is 92.8 Å². The molecule has 1 saturated heterocycles. The van der Waals surface area contributed by atoms with Gasteiger partial charge in [0.15, 0.2) is 10.7 Å². The Morgan fingerprint density at radius 1 is 0.975 bits per heavy atom. The minimum Gasteiger partial charge on any atom is -0.358 e. The first kappa shape index (κ1) is 30.0. The normalized spacial score (nSPS) is 20.0. The molecule has 40 heavy (non-hydrogen) atoms. The molecule has 1 heterocycles. The second kappa shape index (κ2) is 13.6. The Morgan fingerprint density at radius 3 is 2.10 bits per heavy atom. The Labute approximate surface area is 244 Å². The fraction of sp³-hybridized carbons (Fsp3) is 0.310. The van der Waals surface area contributed by atoms with Gasteiger partial charge in [-0.3, -0.25) is 9.59 Å². The predicted molar refractivity (Wildman–Crippen MR) is 152 cm³/mol. The van der Waals surface area contributed by atoms with E-state index >= 15 is 0 Å². The zero-order valence-electron chi connectivity index (χ0n) is 21.6. The molecule has 1 aliphatic rings. The van der Waals surface area contributed by atoms with Crippen LogP contribution in [-0.2, 0) is 31.5 Å². The Morgan fingerprint density at radius 2 is 1.55 bits per heavy atom. The molecule has 0 unspecified atom stereocenters. The molecule has 0 radical (unpaired) electrons. The summed E-state index contributed by atoms with van der Waals surface area (Å²) in [5.41, 5.74) is 2.09. The fourth-order valence-corrected chi connectivity index (χ4v) is 5.45. The van der Waals surface area contributed by atoms with Crippen LogP contribution in [0.1, 0.15) is 48.6 Å². The van der Waals surface area contributed by atoms with Crippen LogP contribution < -0.4 is 5.32 Å². The van der Waals surface area contributed by atoms with Crippen LogP contribution in [0.5, 0.6) is 0 Å². The highest BCUT2D eigenvalue weighted by Gasteiger charge is 2.48. The highest BCUT2D eigenvalue weighted by atomic mass is 35.5. The van der Waals surface area contributed by atoms with Crippen LogP contribution in [0, 0.1) is 5.82 Å². The molecule has 0 saturated carbocycles. The van der Waals surface area contributed by atoms with Gasteiger partial charge in [0, 0.05) is 16.5 Å². The smallest absolute Gasteiger partial charge is 0.253 e. The van der Waals surface area contributed by atoms with Crippen molar-refractivity contribution >= 4 is 45.7 Å². The summed E-state index contributed by atoms with van der Waals surface area (Å²) in [6.07, 6.45) is -0.746. The van der Waals surface area contributed by atoms with Gasteiger partial charge in [-0.15, -0.1) is 0 Å². The summed E-state index contributed by atoms with van der Waals surface area (Å²) in [4.78, 5) is 29.1. The van der Waals surface area contributed by atoms with Crippen LogP contribution >= 0.6 is 23.2 Å². The molecule has 3 aromatic carbocycles. The molecule has 1 aliphatic heterocycles. The van der Waals surface area contributed by atoms with E-state index in [4.69, 9.17) is 27.9 Å². The molecule has 4 atom stereocenters. The van der Waals surface area contributed by atoms with E-state index in [0.717, 1.165) is 5.56 Å². The summed E-state index contributed by atoms with van der Waals surface area (Å²) >= 11 is 12.3. The number of rotatable bonds is 10. The molecule has 7 nitrogen and oxygen atoms in total. The number of carbonyl (C=O) groups excluding carboxylic acids is 2. The van der Waals surface area contributed by atoms with Crippen molar-refractivity contribution in [3.8, 4) is 0 Å². The number of hydrogen-bond donors (Lipinski definition) is 2. The van der Waals surface area contributed by atoms with Crippen LogP contribution in [0.2, 0.25) is 10.0 Å². The zero-order valence-corrected chi connectivity index (χ0v) is 24.0. The van der Waals surface area contributed by atoms with E-state index in [1.807, 2.05) is 6.92 Å². The average molecular weight is 608 g/mol. The quantitative estimate of drug-likeness (QED) is 0.308. The number of nitrogens with one attached hydrogen (secondary N) is 1. The first-order valence-electron chi connectivity index (χ1n) is 12.8. The highest BCUT2D eigenvalue weighted by Crippen LogP contribution is 2.44. The van der Waals surface area contributed by atoms with E-state index in [1.165, 1.54) is 17.0 Å². The summed E-state index contributed by atoms with van der Waals surface area (Å²) < 4.78 is 42.6. The molecular weight excluding hydrogens is 578 g/mol. The number of morpholine rings is 1. The molecule has 0 bridgehead atoms. The first-order valence-corrected chi connectivity index (χ1v) is 14.9. The Kier molecular flexibility index (Phi) is 10.2. The van der Waals surface area contributed by atoms with Crippen LogP contribution in [0.4, 0.5) is 4.39 Å². The van der Waals surface area contributed by atoms with Crippen molar-refractivity contribution in [3.05, 3.63) is 105 Å². The van der Waals surface area contributed by atoms with Crippen LogP contribution in [0.15, 0.2) is 72.8 Å². The van der Waals surface area contributed by atoms with Gasteiger partial charge in [0.1, 0.15) is 29.9 Å². The number of nitrogens with zero attached hydrogens (tertiary/aromatic N) is 1.